The molecule has 3 nitrogen and oxygen atoms in total. The van der Waals surface area contributed by atoms with Crippen molar-refractivity contribution in [1.82, 2.24) is 5.32 Å². The van der Waals surface area contributed by atoms with Crippen molar-refractivity contribution < 1.29 is 0 Å². The summed E-state index contributed by atoms with van der Waals surface area (Å²) in [6.45, 7) is 2.22. The molecule has 0 radical (unpaired) electrons. The Labute approximate surface area is 206 Å². The van der Waals surface area contributed by atoms with Crippen LogP contribution < -0.4 is 11.1 Å². The second-order valence-electron chi connectivity index (χ2n) is 9.35. The lowest BCUT2D eigenvalue weighted by Crippen LogP contribution is -2.38. The summed E-state index contributed by atoms with van der Waals surface area (Å²) in [5, 5.41) is 8.71. The van der Waals surface area contributed by atoms with Gasteiger partial charge in [0.05, 0.1) is 6.17 Å². The molecule has 5 aromatic carbocycles. The minimum absolute atomic E-state index is 0.0491. The van der Waals surface area contributed by atoms with Crippen molar-refractivity contribution in [3.05, 3.63) is 120 Å². The van der Waals surface area contributed by atoms with E-state index >= 15 is 0 Å². The number of aliphatic imine (C=N–C) groups is 1. The monoisotopic (exact) mass is 455 g/mol. The lowest BCUT2D eigenvalue weighted by Gasteiger charge is -2.26. The summed E-state index contributed by atoms with van der Waals surface area (Å²) in [6.07, 6.45) is 2.54. The summed E-state index contributed by atoms with van der Waals surface area (Å²) in [5.41, 5.74) is 13.0. The molecule has 1 aliphatic heterocycles. The van der Waals surface area contributed by atoms with E-state index in [1.807, 2.05) is 6.21 Å². The summed E-state index contributed by atoms with van der Waals surface area (Å²) in [4.78, 5) is 4.76. The van der Waals surface area contributed by atoms with Crippen molar-refractivity contribution in [2.45, 2.75) is 31.6 Å². The maximum Gasteiger partial charge on any atom is 0.108 e. The molecule has 3 unspecified atom stereocenters. The van der Waals surface area contributed by atoms with Crippen molar-refractivity contribution in [3.8, 4) is 11.1 Å². The van der Waals surface area contributed by atoms with Gasteiger partial charge in [0.1, 0.15) is 6.17 Å². The molecule has 0 spiro atoms. The first-order chi connectivity index (χ1) is 17.2. The zero-order valence-corrected chi connectivity index (χ0v) is 19.9. The summed E-state index contributed by atoms with van der Waals surface area (Å²) in [5.74, 6) is 0.287. The van der Waals surface area contributed by atoms with Crippen LogP contribution in [0, 0.1) is 6.92 Å². The Balaban J connectivity index is 1.46. The average molecular weight is 456 g/mol. The van der Waals surface area contributed by atoms with Crippen molar-refractivity contribution >= 4 is 27.8 Å². The quantitative estimate of drug-likeness (QED) is 0.219. The predicted molar refractivity (Wildman–Crippen MR) is 148 cm³/mol. The van der Waals surface area contributed by atoms with E-state index in [-0.39, 0.29) is 18.2 Å². The minimum Gasteiger partial charge on any atom is -0.312 e. The van der Waals surface area contributed by atoms with Gasteiger partial charge in [0, 0.05) is 12.1 Å². The van der Waals surface area contributed by atoms with E-state index in [1.165, 1.54) is 38.2 Å². The molecular formula is C32H29N3. The molecule has 3 N–H and O–H groups in total. The van der Waals surface area contributed by atoms with Gasteiger partial charge < -0.3 is 5.73 Å². The molecule has 3 atom stereocenters. The van der Waals surface area contributed by atoms with Crippen LogP contribution in [0.1, 0.15) is 35.2 Å². The van der Waals surface area contributed by atoms with Crippen molar-refractivity contribution in [2.75, 3.05) is 0 Å². The standard InChI is InChI=1S/C32H29N3/c1-21-23-13-5-7-15-26(23)30(27-16-8-6-14-24(21)27)28-17-9-10-18-29(28)31(33)35-32-25(19-20-34-32)22-11-3-2-4-12-22/h2-18,20,25,31-32,35H,19,33H2,1H3. The largest absolute Gasteiger partial charge is 0.312 e. The third kappa shape index (κ3) is 3.83. The maximum absolute atomic E-state index is 6.89. The van der Waals surface area contributed by atoms with Gasteiger partial charge in [-0.2, -0.15) is 0 Å². The second kappa shape index (κ2) is 9.10. The highest BCUT2D eigenvalue weighted by Crippen LogP contribution is 2.41. The van der Waals surface area contributed by atoms with Crippen LogP contribution in [0.4, 0.5) is 0 Å². The summed E-state index contributed by atoms with van der Waals surface area (Å²) >= 11 is 0. The first kappa shape index (κ1) is 21.7. The molecule has 0 amide bonds. The highest BCUT2D eigenvalue weighted by atomic mass is 15.2. The third-order valence-electron chi connectivity index (χ3n) is 7.35. The number of hydrogen-bond acceptors (Lipinski definition) is 3. The lowest BCUT2D eigenvalue weighted by atomic mass is 9.86. The first-order valence-corrected chi connectivity index (χ1v) is 12.3. The number of nitrogens with two attached hydrogens (primary N) is 1. The van der Waals surface area contributed by atoms with Gasteiger partial charge in [-0.25, -0.2) is 0 Å². The summed E-state index contributed by atoms with van der Waals surface area (Å²) < 4.78 is 0. The number of benzene rings is 5. The van der Waals surface area contributed by atoms with E-state index in [9.17, 15) is 0 Å². The van der Waals surface area contributed by atoms with Gasteiger partial charge in [-0.3, -0.25) is 10.3 Å². The Morgan fingerprint density at radius 1 is 0.743 bits per heavy atom. The summed E-state index contributed by atoms with van der Waals surface area (Å²) in [6, 6.07) is 36.5. The molecule has 1 heterocycles. The maximum atomic E-state index is 6.89. The highest BCUT2D eigenvalue weighted by molar-refractivity contribution is 6.15. The molecule has 0 saturated heterocycles. The van der Waals surface area contributed by atoms with Crippen LogP contribution in [0.5, 0.6) is 0 Å². The molecule has 35 heavy (non-hydrogen) atoms. The normalized spacial score (nSPS) is 18.3. The zero-order valence-electron chi connectivity index (χ0n) is 19.9. The smallest absolute Gasteiger partial charge is 0.108 e. The van der Waals surface area contributed by atoms with Crippen molar-refractivity contribution in [2.24, 2.45) is 10.7 Å². The highest BCUT2D eigenvalue weighted by Gasteiger charge is 2.28. The zero-order chi connectivity index (χ0) is 23.8. The SMILES string of the molecule is Cc1c2ccccc2c(-c2ccccc2C(N)NC2N=CCC2c2ccccc2)c2ccccc12. The molecule has 0 saturated carbocycles. The van der Waals surface area contributed by atoms with E-state index in [0.717, 1.165) is 17.5 Å². The molecule has 0 aliphatic carbocycles. The molecule has 5 aromatic rings. The Morgan fingerprint density at radius 3 is 2.00 bits per heavy atom. The van der Waals surface area contributed by atoms with Gasteiger partial charge in [-0.1, -0.05) is 103 Å². The van der Waals surface area contributed by atoms with Crippen LogP contribution in [0.25, 0.3) is 32.7 Å². The molecule has 6 rings (SSSR count). The van der Waals surface area contributed by atoms with Gasteiger partial charge >= 0.3 is 0 Å². The van der Waals surface area contributed by atoms with Crippen LogP contribution in [0.2, 0.25) is 0 Å². The van der Waals surface area contributed by atoms with E-state index in [4.69, 9.17) is 10.7 Å². The Bertz CT molecular complexity index is 1480. The minimum atomic E-state index is -0.350. The average Bonchev–Trinajstić information content (AvgIpc) is 3.38. The molecule has 0 aromatic heterocycles. The third-order valence-corrected chi connectivity index (χ3v) is 7.35. The molecule has 172 valence electrons. The fourth-order valence-corrected chi connectivity index (χ4v) is 5.60. The number of aryl methyl sites for hydroxylation is 1. The Morgan fingerprint density at radius 2 is 1.31 bits per heavy atom. The van der Waals surface area contributed by atoms with Crippen LogP contribution in [-0.4, -0.2) is 12.4 Å². The molecule has 0 fully saturated rings. The van der Waals surface area contributed by atoms with Gasteiger partial charge in [-0.05, 0) is 62.7 Å². The van der Waals surface area contributed by atoms with Crippen LogP contribution in [0.3, 0.4) is 0 Å². The topological polar surface area (TPSA) is 50.4 Å². The fraction of sp³-hybridized carbons (Fsp3) is 0.156. The Hall–Kier alpha value is -3.79. The van der Waals surface area contributed by atoms with E-state index < -0.39 is 0 Å². The van der Waals surface area contributed by atoms with Gasteiger partial charge in [0.15, 0.2) is 0 Å². The molecule has 1 aliphatic rings. The number of nitrogens with zero attached hydrogens (tertiary/aromatic N) is 1. The van der Waals surface area contributed by atoms with Crippen molar-refractivity contribution in [3.63, 3.8) is 0 Å². The number of hydrogen-bond donors (Lipinski definition) is 2. The van der Waals surface area contributed by atoms with E-state index in [2.05, 4.69) is 115 Å². The molecular weight excluding hydrogens is 426 g/mol. The fourth-order valence-electron chi connectivity index (χ4n) is 5.60. The number of fused-ring (bicyclic) bond motifs is 2. The predicted octanol–water partition coefficient (Wildman–Crippen LogP) is 7.10. The second-order valence-corrected chi connectivity index (χ2v) is 9.35. The van der Waals surface area contributed by atoms with Gasteiger partial charge in [0.2, 0.25) is 0 Å². The lowest BCUT2D eigenvalue weighted by molar-refractivity contribution is 0.417. The van der Waals surface area contributed by atoms with Crippen LogP contribution in [0.15, 0.2) is 108 Å². The molecule has 3 heteroatoms. The number of rotatable bonds is 5. The Kier molecular flexibility index (Phi) is 5.65. The van der Waals surface area contributed by atoms with Crippen LogP contribution >= 0.6 is 0 Å². The first-order valence-electron chi connectivity index (χ1n) is 12.3. The van der Waals surface area contributed by atoms with Crippen molar-refractivity contribution in [1.29, 1.82) is 0 Å². The van der Waals surface area contributed by atoms with Gasteiger partial charge in [-0.15, -0.1) is 0 Å². The van der Waals surface area contributed by atoms with Gasteiger partial charge in [0.25, 0.3) is 0 Å². The summed E-state index contributed by atoms with van der Waals surface area (Å²) in [7, 11) is 0. The van der Waals surface area contributed by atoms with Crippen LogP contribution in [-0.2, 0) is 0 Å². The van der Waals surface area contributed by atoms with E-state index in [1.54, 1.807) is 0 Å². The van der Waals surface area contributed by atoms with E-state index in [0.29, 0.717) is 0 Å². The molecule has 0 bridgehead atoms. The number of nitrogens with one attached hydrogen (secondary N) is 1.